The minimum Gasteiger partial charge on any atom is -0.493 e. The Morgan fingerprint density at radius 1 is 1.11 bits per heavy atom. The predicted molar refractivity (Wildman–Crippen MR) is 104 cm³/mol. The first-order valence-electron chi connectivity index (χ1n) is 9.27. The molecule has 0 aliphatic carbocycles. The van der Waals surface area contributed by atoms with Gasteiger partial charge in [-0.25, -0.2) is 0 Å². The highest BCUT2D eigenvalue weighted by Crippen LogP contribution is 2.40. The van der Waals surface area contributed by atoms with E-state index in [1.165, 1.54) is 14.2 Å². The zero-order valence-corrected chi connectivity index (χ0v) is 16.4. The van der Waals surface area contributed by atoms with Crippen molar-refractivity contribution >= 4 is 5.91 Å². The fourth-order valence-corrected chi connectivity index (χ4v) is 3.58. The molecule has 0 radical (unpaired) electrons. The van der Waals surface area contributed by atoms with Crippen molar-refractivity contribution in [2.45, 2.75) is 18.9 Å². The Hall–Kier alpha value is -2.80. The van der Waals surface area contributed by atoms with Gasteiger partial charge in [0.2, 0.25) is 5.75 Å². The van der Waals surface area contributed by atoms with Crippen LogP contribution in [0.1, 0.15) is 34.8 Å². The second-order valence-corrected chi connectivity index (χ2v) is 6.57. The highest BCUT2D eigenvalue weighted by molar-refractivity contribution is 5.98. The van der Waals surface area contributed by atoms with Crippen LogP contribution in [-0.2, 0) is 4.74 Å². The minimum absolute atomic E-state index is 0.164. The summed E-state index contributed by atoms with van der Waals surface area (Å²) in [6.07, 6.45) is 5.28. The monoisotopic (exact) mass is 386 g/mol. The van der Waals surface area contributed by atoms with Gasteiger partial charge >= 0.3 is 0 Å². The normalized spacial score (nSPS) is 15.5. The van der Waals surface area contributed by atoms with Crippen molar-refractivity contribution in [3.8, 4) is 17.2 Å². The smallest absolute Gasteiger partial charge is 0.255 e. The number of aromatic nitrogens is 1. The molecule has 2 aromatic rings. The van der Waals surface area contributed by atoms with Gasteiger partial charge in [-0.15, -0.1) is 0 Å². The number of carbonyl (C=O) groups excluding carboxylic acids is 1. The summed E-state index contributed by atoms with van der Waals surface area (Å²) in [5.74, 6) is 1.27. The highest BCUT2D eigenvalue weighted by Gasteiger charge is 2.29. The van der Waals surface area contributed by atoms with E-state index in [1.807, 2.05) is 12.1 Å². The van der Waals surface area contributed by atoms with E-state index in [0.717, 1.165) is 18.4 Å². The third-order valence-electron chi connectivity index (χ3n) is 5.02. The quantitative estimate of drug-likeness (QED) is 0.788. The third kappa shape index (κ3) is 4.20. The van der Waals surface area contributed by atoms with E-state index in [0.29, 0.717) is 36.0 Å². The molecule has 7 nitrogen and oxygen atoms in total. The fourth-order valence-electron chi connectivity index (χ4n) is 3.58. The van der Waals surface area contributed by atoms with Crippen LogP contribution in [0.2, 0.25) is 0 Å². The number of nitrogens with one attached hydrogen (secondary N) is 1. The molecule has 28 heavy (non-hydrogen) atoms. The fraction of sp³-hybridized carbons (Fsp3) is 0.429. The number of benzene rings is 1. The largest absolute Gasteiger partial charge is 0.493 e. The van der Waals surface area contributed by atoms with Crippen LogP contribution in [0, 0.1) is 5.92 Å². The third-order valence-corrected chi connectivity index (χ3v) is 5.02. The maximum Gasteiger partial charge on any atom is 0.255 e. The van der Waals surface area contributed by atoms with Gasteiger partial charge in [0.15, 0.2) is 11.5 Å². The summed E-state index contributed by atoms with van der Waals surface area (Å²) in [6.45, 7) is 1.38. The van der Waals surface area contributed by atoms with Crippen LogP contribution < -0.4 is 19.5 Å². The summed E-state index contributed by atoms with van der Waals surface area (Å²) in [7, 11) is 4.56. The molecule has 1 aliphatic heterocycles. The van der Waals surface area contributed by atoms with E-state index in [9.17, 15) is 4.79 Å². The molecule has 2 heterocycles. The average Bonchev–Trinajstić information content (AvgIpc) is 2.77. The molecule has 1 fully saturated rings. The second kappa shape index (κ2) is 9.41. The minimum atomic E-state index is -0.238. The van der Waals surface area contributed by atoms with Gasteiger partial charge in [-0.2, -0.15) is 0 Å². The molecule has 1 aromatic heterocycles. The van der Waals surface area contributed by atoms with Crippen molar-refractivity contribution in [2.75, 3.05) is 34.5 Å². The average molecular weight is 386 g/mol. The maximum absolute atomic E-state index is 13.2. The molecule has 0 saturated carbocycles. The van der Waals surface area contributed by atoms with Crippen LogP contribution in [-0.4, -0.2) is 45.4 Å². The van der Waals surface area contributed by atoms with E-state index in [1.54, 1.807) is 31.6 Å². The van der Waals surface area contributed by atoms with Gasteiger partial charge in [-0.1, -0.05) is 6.07 Å². The van der Waals surface area contributed by atoms with Crippen molar-refractivity contribution in [2.24, 2.45) is 5.92 Å². The van der Waals surface area contributed by atoms with Gasteiger partial charge < -0.3 is 24.3 Å². The van der Waals surface area contributed by atoms with Gasteiger partial charge in [0, 0.05) is 25.6 Å². The Balaban J connectivity index is 1.92. The molecule has 1 saturated heterocycles. The van der Waals surface area contributed by atoms with Gasteiger partial charge in [0.25, 0.3) is 5.91 Å². The van der Waals surface area contributed by atoms with Crippen molar-refractivity contribution in [3.63, 3.8) is 0 Å². The summed E-state index contributed by atoms with van der Waals surface area (Å²) in [6, 6.07) is 7.08. The topological polar surface area (TPSA) is 78.9 Å². The maximum atomic E-state index is 13.2. The van der Waals surface area contributed by atoms with Gasteiger partial charge in [-0.3, -0.25) is 9.78 Å². The van der Waals surface area contributed by atoms with Crippen molar-refractivity contribution in [1.82, 2.24) is 10.3 Å². The number of hydrogen-bond donors (Lipinski definition) is 1. The van der Waals surface area contributed by atoms with Gasteiger partial charge in [-0.05, 0) is 42.5 Å². The van der Waals surface area contributed by atoms with Crippen LogP contribution in [0.4, 0.5) is 0 Å². The van der Waals surface area contributed by atoms with Crippen LogP contribution in [0.5, 0.6) is 17.2 Å². The predicted octanol–water partition coefficient (Wildman–Crippen LogP) is 3.01. The lowest BCUT2D eigenvalue weighted by Crippen LogP contribution is -2.36. The molecular formula is C21H26N2O5. The van der Waals surface area contributed by atoms with Crippen molar-refractivity contribution < 1.29 is 23.7 Å². The zero-order chi connectivity index (χ0) is 19.9. The number of pyridine rings is 1. The molecule has 7 heteroatoms. The molecule has 0 bridgehead atoms. The Kier molecular flexibility index (Phi) is 6.71. The molecule has 150 valence electrons. The van der Waals surface area contributed by atoms with Crippen molar-refractivity contribution in [3.05, 3.63) is 47.8 Å². The Bertz CT molecular complexity index is 791. The lowest BCUT2D eigenvalue weighted by molar-refractivity contribution is 0.0513. The van der Waals surface area contributed by atoms with E-state index in [4.69, 9.17) is 18.9 Å². The molecule has 1 N–H and O–H groups in total. The summed E-state index contributed by atoms with van der Waals surface area (Å²) in [5, 5.41) is 3.17. The molecule has 1 aromatic carbocycles. The second-order valence-electron chi connectivity index (χ2n) is 6.57. The summed E-state index contributed by atoms with van der Waals surface area (Å²) >= 11 is 0. The number of carbonyl (C=O) groups is 1. The summed E-state index contributed by atoms with van der Waals surface area (Å²) < 4.78 is 21.7. The molecule has 3 rings (SSSR count). The van der Waals surface area contributed by atoms with Crippen molar-refractivity contribution in [1.29, 1.82) is 0 Å². The molecule has 1 unspecified atom stereocenters. The lowest BCUT2D eigenvalue weighted by atomic mass is 9.87. The molecule has 1 amide bonds. The van der Waals surface area contributed by atoms with Crippen LogP contribution >= 0.6 is 0 Å². The summed E-state index contributed by atoms with van der Waals surface area (Å²) in [4.78, 5) is 17.4. The summed E-state index contributed by atoms with van der Waals surface area (Å²) in [5.41, 5.74) is 1.36. The van der Waals surface area contributed by atoms with Crippen LogP contribution in [0.15, 0.2) is 36.7 Å². The number of methoxy groups -OCH3 is 3. The number of nitrogens with zero attached hydrogens (tertiary/aromatic N) is 1. The number of rotatable bonds is 7. The molecule has 1 aliphatic rings. The van der Waals surface area contributed by atoms with E-state index in [2.05, 4.69) is 10.3 Å². The van der Waals surface area contributed by atoms with Gasteiger partial charge in [0.05, 0.1) is 32.9 Å². The Morgan fingerprint density at radius 3 is 2.46 bits per heavy atom. The van der Waals surface area contributed by atoms with E-state index < -0.39 is 0 Å². The Morgan fingerprint density at radius 2 is 1.86 bits per heavy atom. The van der Waals surface area contributed by atoms with Gasteiger partial charge in [0.1, 0.15) is 0 Å². The van der Waals surface area contributed by atoms with Crippen LogP contribution in [0.25, 0.3) is 0 Å². The number of amides is 1. The molecule has 0 spiro atoms. The van der Waals surface area contributed by atoms with E-state index >= 15 is 0 Å². The standard InChI is InChI=1S/C21H26N2O5/c1-25-17-7-6-16(19(26-2)20(17)27-3)21(24)23-18(14-8-11-28-12-9-14)15-5-4-10-22-13-15/h4-7,10,13-14,18H,8-9,11-12H2,1-3H3,(H,23,24). The van der Waals surface area contributed by atoms with Crippen LogP contribution in [0.3, 0.4) is 0 Å². The first-order valence-corrected chi connectivity index (χ1v) is 9.27. The zero-order valence-electron chi connectivity index (χ0n) is 16.4. The highest BCUT2D eigenvalue weighted by atomic mass is 16.5. The first kappa shape index (κ1) is 19.9. The molecular weight excluding hydrogens is 360 g/mol. The SMILES string of the molecule is COc1ccc(C(=O)NC(c2cccnc2)C2CCOCC2)c(OC)c1OC. The molecule has 1 atom stereocenters. The first-order chi connectivity index (χ1) is 13.7. The lowest BCUT2D eigenvalue weighted by Gasteiger charge is -2.31. The number of ether oxygens (including phenoxy) is 4. The Labute approximate surface area is 165 Å². The van der Waals surface area contributed by atoms with E-state index in [-0.39, 0.29) is 17.9 Å². The number of hydrogen-bond acceptors (Lipinski definition) is 6.